The number of aromatic nitrogens is 2. The van der Waals surface area contributed by atoms with E-state index in [9.17, 15) is 10.1 Å². The third-order valence-corrected chi connectivity index (χ3v) is 4.70. The van der Waals surface area contributed by atoms with E-state index in [2.05, 4.69) is 16.2 Å². The maximum atomic E-state index is 11.6. The zero-order valence-electron chi connectivity index (χ0n) is 17.1. The van der Waals surface area contributed by atoms with Crippen molar-refractivity contribution in [2.45, 2.75) is 26.4 Å². The number of nitriles is 1. The highest BCUT2D eigenvalue weighted by atomic mass is 16.5. The molecule has 1 aromatic heterocycles. The molecular formula is C23H20N4O4. The highest BCUT2D eigenvalue weighted by molar-refractivity contribution is 5.84. The van der Waals surface area contributed by atoms with E-state index in [1.54, 1.807) is 18.2 Å². The summed E-state index contributed by atoms with van der Waals surface area (Å²) in [5.74, 6) is 1.20. The number of carbonyl (C=O) groups is 1. The van der Waals surface area contributed by atoms with E-state index in [0.717, 1.165) is 16.7 Å². The summed E-state index contributed by atoms with van der Waals surface area (Å²) in [6.45, 7) is 3.61. The minimum absolute atomic E-state index is 0.0456. The van der Waals surface area contributed by atoms with Crippen molar-refractivity contribution in [3.63, 3.8) is 0 Å². The predicted molar refractivity (Wildman–Crippen MR) is 112 cm³/mol. The Kier molecular flexibility index (Phi) is 5.52. The minimum atomic E-state index is -0.496. The summed E-state index contributed by atoms with van der Waals surface area (Å²) in [5.41, 5.74) is 8.87. The van der Waals surface area contributed by atoms with Gasteiger partial charge in [0, 0.05) is 16.7 Å². The first-order chi connectivity index (χ1) is 15.0. The average molecular weight is 416 g/mol. The molecule has 0 aliphatic heterocycles. The molecule has 0 fully saturated rings. The maximum Gasteiger partial charge on any atom is 0.325 e. The number of ether oxygens (including phenoxy) is 2. The number of fused-ring (bicyclic) bond motifs is 1. The van der Waals surface area contributed by atoms with Crippen LogP contribution in [0.2, 0.25) is 0 Å². The van der Waals surface area contributed by atoms with Crippen LogP contribution in [0.3, 0.4) is 0 Å². The number of carbonyl (C=O) groups excluding carboxylic acids is 1. The third-order valence-electron chi connectivity index (χ3n) is 4.70. The number of nitrogens with zero attached hydrogens (tertiary/aromatic N) is 3. The van der Waals surface area contributed by atoms with Crippen molar-refractivity contribution < 1.29 is 18.8 Å². The Morgan fingerprint density at radius 3 is 2.84 bits per heavy atom. The maximum absolute atomic E-state index is 11.6. The number of benzene rings is 2. The number of hydrogen-bond acceptors (Lipinski definition) is 8. The van der Waals surface area contributed by atoms with Crippen molar-refractivity contribution in [1.82, 2.24) is 10.1 Å². The fraction of sp³-hybridized carbons (Fsp3) is 0.217. The highest BCUT2D eigenvalue weighted by Crippen LogP contribution is 2.35. The van der Waals surface area contributed by atoms with Gasteiger partial charge in [0.15, 0.2) is 0 Å². The van der Waals surface area contributed by atoms with Gasteiger partial charge >= 0.3 is 5.97 Å². The summed E-state index contributed by atoms with van der Waals surface area (Å²) in [5, 5.41) is 13.6. The highest BCUT2D eigenvalue weighted by Gasteiger charge is 2.23. The summed E-state index contributed by atoms with van der Waals surface area (Å²) in [7, 11) is 0. The lowest BCUT2D eigenvalue weighted by molar-refractivity contribution is -0.135. The fourth-order valence-electron chi connectivity index (χ4n) is 3.37. The van der Waals surface area contributed by atoms with Crippen LogP contribution in [0.1, 0.15) is 30.5 Å². The van der Waals surface area contributed by atoms with Crippen molar-refractivity contribution in [3.8, 4) is 34.7 Å². The van der Waals surface area contributed by atoms with E-state index in [1.807, 2.05) is 38.1 Å². The van der Waals surface area contributed by atoms with Crippen LogP contribution in [0, 0.1) is 11.3 Å². The molecule has 1 aliphatic rings. The predicted octanol–water partition coefficient (Wildman–Crippen LogP) is 3.46. The van der Waals surface area contributed by atoms with Crippen LogP contribution in [-0.2, 0) is 16.0 Å². The van der Waals surface area contributed by atoms with Crippen LogP contribution in [0.25, 0.3) is 28.6 Å². The van der Waals surface area contributed by atoms with E-state index < -0.39 is 5.97 Å². The van der Waals surface area contributed by atoms with E-state index >= 15 is 0 Å². The van der Waals surface area contributed by atoms with E-state index in [-0.39, 0.29) is 12.6 Å². The van der Waals surface area contributed by atoms with Gasteiger partial charge in [-0.15, -0.1) is 0 Å². The first-order valence-corrected chi connectivity index (χ1v) is 9.78. The van der Waals surface area contributed by atoms with Gasteiger partial charge in [0.25, 0.3) is 5.89 Å². The Bertz CT molecular complexity index is 1220. The monoisotopic (exact) mass is 416 g/mol. The van der Waals surface area contributed by atoms with Crippen LogP contribution in [-0.4, -0.2) is 28.8 Å². The quantitative estimate of drug-likeness (QED) is 0.606. The Hall–Kier alpha value is -3.96. The Balaban J connectivity index is 1.64. The molecule has 156 valence electrons. The zero-order chi connectivity index (χ0) is 22.0. The lowest BCUT2D eigenvalue weighted by Crippen LogP contribution is -2.15. The second kappa shape index (κ2) is 8.42. The van der Waals surface area contributed by atoms with Crippen LogP contribution in [0.15, 0.2) is 47.0 Å². The lowest BCUT2D eigenvalue weighted by Gasteiger charge is -2.11. The summed E-state index contributed by atoms with van der Waals surface area (Å²) >= 11 is 0. The number of esters is 1. The lowest BCUT2D eigenvalue weighted by atomic mass is 10.0. The van der Waals surface area contributed by atoms with Crippen molar-refractivity contribution in [1.29, 1.82) is 5.26 Å². The molecular weight excluding hydrogens is 396 g/mol. The summed E-state index contributed by atoms with van der Waals surface area (Å²) in [6, 6.07) is 12.9. The summed E-state index contributed by atoms with van der Waals surface area (Å²) in [6.07, 6.45) is 2.35. The van der Waals surface area contributed by atoms with Gasteiger partial charge < -0.3 is 19.7 Å². The molecule has 1 aliphatic carbocycles. The van der Waals surface area contributed by atoms with E-state index in [0.29, 0.717) is 40.8 Å². The molecule has 31 heavy (non-hydrogen) atoms. The molecule has 0 unspecified atom stereocenters. The SMILES string of the molecule is CC(C)Oc1ccc(-c2nc(-c3cccc4c3CC=C4OC(=O)CN)no2)cc1C#N. The van der Waals surface area contributed by atoms with Gasteiger partial charge in [0.05, 0.1) is 18.2 Å². The van der Waals surface area contributed by atoms with Gasteiger partial charge in [-0.1, -0.05) is 23.4 Å². The van der Waals surface area contributed by atoms with Crippen LogP contribution in [0.5, 0.6) is 5.75 Å². The number of hydrogen-bond donors (Lipinski definition) is 1. The van der Waals surface area contributed by atoms with Crippen LogP contribution in [0.4, 0.5) is 0 Å². The Morgan fingerprint density at radius 2 is 2.10 bits per heavy atom. The van der Waals surface area contributed by atoms with Crippen molar-refractivity contribution in [2.75, 3.05) is 6.54 Å². The van der Waals surface area contributed by atoms with E-state index in [4.69, 9.17) is 19.7 Å². The molecule has 2 N–H and O–H groups in total. The van der Waals surface area contributed by atoms with Crippen LogP contribution >= 0.6 is 0 Å². The van der Waals surface area contributed by atoms with Gasteiger partial charge in [-0.05, 0) is 50.1 Å². The molecule has 8 heteroatoms. The zero-order valence-corrected chi connectivity index (χ0v) is 17.1. The molecule has 0 amide bonds. The molecule has 0 radical (unpaired) electrons. The Morgan fingerprint density at radius 1 is 1.29 bits per heavy atom. The average Bonchev–Trinajstić information content (AvgIpc) is 3.41. The number of rotatable bonds is 6. The van der Waals surface area contributed by atoms with Gasteiger partial charge in [-0.3, -0.25) is 4.79 Å². The van der Waals surface area contributed by atoms with Crippen molar-refractivity contribution in [2.24, 2.45) is 5.73 Å². The number of allylic oxidation sites excluding steroid dienone is 1. The summed E-state index contributed by atoms with van der Waals surface area (Å²) < 4.78 is 16.4. The molecule has 2 aromatic carbocycles. The van der Waals surface area contributed by atoms with Gasteiger partial charge in [-0.25, -0.2) is 0 Å². The largest absolute Gasteiger partial charge is 0.490 e. The molecule has 0 saturated heterocycles. The molecule has 0 saturated carbocycles. The second-order valence-electron chi connectivity index (χ2n) is 7.19. The fourth-order valence-corrected chi connectivity index (χ4v) is 3.37. The second-order valence-corrected chi connectivity index (χ2v) is 7.19. The molecule has 1 heterocycles. The van der Waals surface area contributed by atoms with Gasteiger partial charge in [0.2, 0.25) is 5.82 Å². The van der Waals surface area contributed by atoms with Crippen LogP contribution < -0.4 is 10.5 Å². The molecule has 0 bridgehead atoms. The molecule has 8 nitrogen and oxygen atoms in total. The minimum Gasteiger partial charge on any atom is -0.490 e. The van der Waals surface area contributed by atoms with Gasteiger partial charge in [0.1, 0.15) is 17.6 Å². The number of nitrogens with two attached hydrogens (primary N) is 1. The molecule has 3 aromatic rings. The smallest absolute Gasteiger partial charge is 0.325 e. The van der Waals surface area contributed by atoms with Gasteiger partial charge in [-0.2, -0.15) is 10.2 Å². The molecule has 4 rings (SSSR count). The van der Waals surface area contributed by atoms with Crippen molar-refractivity contribution in [3.05, 3.63) is 59.2 Å². The first-order valence-electron chi connectivity index (χ1n) is 9.78. The topological polar surface area (TPSA) is 124 Å². The first kappa shape index (κ1) is 20.3. The normalized spacial score (nSPS) is 12.3. The molecule has 0 atom stereocenters. The molecule has 0 spiro atoms. The summed E-state index contributed by atoms with van der Waals surface area (Å²) in [4.78, 5) is 16.1. The van der Waals surface area contributed by atoms with Crippen molar-refractivity contribution >= 4 is 11.7 Å². The standard InChI is InChI=1S/C23H20N4O4/c1-13(2)29-19-8-6-14(10-15(19)11-24)23-26-22(27-31-23)18-5-3-4-17-16(18)7-9-20(17)30-21(28)12-25/h3-6,8-10,13H,7,12,25H2,1-2H3. The third kappa shape index (κ3) is 4.04. The van der Waals surface area contributed by atoms with E-state index in [1.165, 1.54) is 0 Å². The Labute approximate surface area is 178 Å².